The van der Waals surface area contributed by atoms with Crippen LogP contribution in [0.2, 0.25) is 0 Å². The molecule has 0 spiro atoms. The summed E-state index contributed by atoms with van der Waals surface area (Å²) in [5.74, 6) is 0. The minimum Gasteiger partial charge on any atom is -0.264 e. The molecule has 0 amide bonds. The molecule has 0 saturated carbocycles. The van der Waals surface area contributed by atoms with Gasteiger partial charge in [-0.25, -0.2) is 4.98 Å². The Bertz CT molecular complexity index is 1320. The number of fused-ring (bicyclic) bond motifs is 4. The SMILES string of the molecule is c1cc(-c2ccc3c(n2)-c2cccc4cccc-3c24)c2cnccc2c1. The average molecular weight is 330 g/mol. The van der Waals surface area contributed by atoms with Crippen LogP contribution in [0.15, 0.2) is 85.2 Å². The molecule has 0 saturated heterocycles. The summed E-state index contributed by atoms with van der Waals surface area (Å²) in [7, 11) is 0. The van der Waals surface area contributed by atoms with E-state index in [1.165, 1.54) is 32.8 Å². The first-order chi connectivity index (χ1) is 12.9. The summed E-state index contributed by atoms with van der Waals surface area (Å²) in [6, 6.07) is 25.7. The Morgan fingerprint density at radius 2 is 1.35 bits per heavy atom. The van der Waals surface area contributed by atoms with Crippen LogP contribution in [0, 0.1) is 0 Å². The molecule has 2 heterocycles. The quantitative estimate of drug-likeness (QED) is 0.364. The van der Waals surface area contributed by atoms with Crippen LogP contribution in [0.5, 0.6) is 0 Å². The van der Waals surface area contributed by atoms with Gasteiger partial charge in [0.1, 0.15) is 0 Å². The fourth-order valence-electron chi connectivity index (χ4n) is 4.13. The standard InChI is InChI=1S/C24H14N2/c1-4-15-12-13-25-14-21(15)17(7-1)22-11-10-19-18-8-2-5-16-6-3-9-20(23(16)18)24(19)26-22/h1-14H. The van der Waals surface area contributed by atoms with Gasteiger partial charge in [0.05, 0.1) is 11.4 Å². The minimum atomic E-state index is 0.993. The van der Waals surface area contributed by atoms with Gasteiger partial charge >= 0.3 is 0 Å². The van der Waals surface area contributed by atoms with Gasteiger partial charge in [0.25, 0.3) is 0 Å². The second-order valence-corrected chi connectivity index (χ2v) is 6.70. The van der Waals surface area contributed by atoms with Gasteiger partial charge in [-0.3, -0.25) is 4.98 Å². The first-order valence-electron chi connectivity index (χ1n) is 8.77. The van der Waals surface area contributed by atoms with Crippen LogP contribution in [0.3, 0.4) is 0 Å². The highest BCUT2D eigenvalue weighted by Gasteiger charge is 2.22. The van der Waals surface area contributed by atoms with E-state index in [9.17, 15) is 0 Å². The van der Waals surface area contributed by atoms with E-state index >= 15 is 0 Å². The molecule has 0 bridgehead atoms. The predicted molar refractivity (Wildman–Crippen MR) is 107 cm³/mol. The highest BCUT2D eigenvalue weighted by molar-refractivity contribution is 6.14. The number of hydrogen-bond donors (Lipinski definition) is 0. The number of hydrogen-bond acceptors (Lipinski definition) is 2. The molecule has 0 atom stereocenters. The Labute approximate surface area is 150 Å². The summed E-state index contributed by atoms with van der Waals surface area (Å²) < 4.78 is 0. The van der Waals surface area contributed by atoms with E-state index in [4.69, 9.17) is 4.98 Å². The van der Waals surface area contributed by atoms with E-state index in [1.807, 2.05) is 18.5 Å². The van der Waals surface area contributed by atoms with Crippen LogP contribution in [0.1, 0.15) is 0 Å². The lowest BCUT2D eigenvalue weighted by molar-refractivity contribution is 1.33. The first-order valence-corrected chi connectivity index (χ1v) is 8.77. The molecule has 6 rings (SSSR count). The lowest BCUT2D eigenvalue weighted by Gasteiger charge is -2.08. The predicted octanol–water partition coefficient (Wildman–Crippen LogP) is 6.10. The van der Waals surface area contributed by atoms with E-state index in [0.717, 1.165) is 22.3 Å². The fraction of sp³-hybridized carbons (Fsp3) is 0. The van der Waals surface area contributed by atoms with Crippen molar-refractivity contribution in [3.05, 3.63) is 85.2 Å². The monoisotopic (exact) mass is 330 g/mol. The fourth-order valence-corrected chi connectivity index (χ4v) is 4.13. The van der Waals surface area contributed by atoms with Gasteiger partial charge in [-0.15, -0.1) is 0 Å². The molecule has 3 aromatic carbocycles. The van der Waals surface area contributed by atoms with Crippen molar-refractivity contribution in [2.24, 2.45) is 0 Å². The topological polar surface area (TPSA) is 25.8 Å². The summed E-state index contributed by atoms with van der Waals surface area (Å²) in [5.41, 5.74) is 6.93. The lowest BCUT2D eigenvalue weighted by atomic mass is 10.0. The second-order valence-electron chi connectivity index (χ2n) is 6.70. The van der Waals surface area contributed by atoms with Crippen LogP contribution in [0.25, 0.3) is 55.2 Å². The van der Waals surface area contributed by atoms with Crippen molar-refractivity contribution in [1.82, 2.24) is 9.97 Å². The molecule has 0 fully saturated rings. The summed E-state index contributed by atoms with van der Waals surface area (Å²) >= 11 is 0. The van der Waals surface area contributed by atoms with Crippen LogP contribution >= 0.6 is 0 Å². The minimum absolute atomic E-state index is 0.993. The van der Waals surface area contributed by atoms with Crippen LogP contribution in [-0.2, 0) is 0 Å². The molecule has 1 aliphatic rings. The molecule has 2 heteroatoms. The number of pyridine rings is 2. The zero-order chi connectivity index (χ0) is 17.1. The van der Waals surface area contributed by atoms with E-state index in [2.05, 4.69) is 71.7 Å². The molecule has 120 valence electrons. The van der Waals surface area contributed by atoms with Gasteiger partial charge in [0.15, 0.2) is 0 Å². The molecule has 1 aliphatic carbocycles. The third kappa shape index (κ3) is 1.76. The van der Waals surface area contributed by atoms with Crippen LogP contribution in [-0.4, -0.2) is 9.97 Å². The van der Waals surface area contributed by atoms with E-state index < -0.39 is 0 Å². The Balaban J connectivity index is 1.65. The van der Waals surface area contributed by atoms with Crippen molar-refractivity contribution in [3.63, 3.8) is 0 Å². The molecule has 2 aromatic heterocycles. The largest absolute Gasteiger partial charge is 0.264 e. The Morgan fingerprint density at radius 1 is 0.577 bits per heavy atom. The molecule has 2 nitrogen and oxygen atoms in total. The number of benzene rings is 3. The van der Waals surface area contributed by atoms with Crippen molar-refractivity contribution >= 4 is 21.5 Å². The summed E-state index contributed by atoms with van der Waals surface area (Å²) in [6.07, 6.45) is 3.76. The van der Waals surface area contributed by atoms with Crippen molar-refractivity contribution in [3.8, 4) is 33.6 Å². The Kier molecular flexibility index (Phi) is 2.64. The van der Waals surface area contributed by atoms with Gasteiger partial charge in [0, 0.05) is 34.5 Å². The van der Waals surface area contributed by atoms with Gasteiger partial charge in [-0.05, 0) is 39.9 Å². The van der Waals surface area contributed by atoms with Gasteiger partial charge in [-0.2, -0.15) is 0 Å². The smallest absolute Gasteiger partial charge is 0.0794 e. The van der Waals surface area contributed by atoms with Gasteiger partial charge < -0.3 is 0 Å². The zero-order valence-corrected chi connectivity index (χ0v) is 14.0. The Morgan fingerprint density at radius 3 is 2.23 bits per heavy atom. The third-order valence-corrected chi connectivity index (χ3v) is 5.30. The van der Waals surface area contributed by atoms with E-state index in [0.29, 0.717) is 0 Å². The van der Waals surface area contributed by atoms with Gasteiger partial charge in [0.2, 0.25) is 0 Å². The Hall–Kier alpha value is -3.52. The second kappa shape index (κ2) is 4.99. The summed E-state index contributed by atoms with van der Waals surface area (Å²) in [6.45, 7) is 0. The van der Waals surface area contributed by atoms with Crippen molar-refractivity contribution in [2.75, 3.05) is 0 Å². The van der Waals surface area contributed by atoms with E-state index in [-0.39, 0.29) is 0 Å². The highest BCUT2D eigenvalue weighted by Crippen LogP contribution is 2.46. The molecule has 0 aliphatic heterocycles. The number of nitrogens with zero attached hydrogens (tertiary/aromatic N) is 2. The van der Waals surface area contributed by atoms with Crippen molar-refractivity contribution in [1.29, 1.82) is 0 Å². The lowest BCUT2D eigenvalue weighted by Crippen LogP contribution is -1.89. The average Bonchev–Trinajstić information content (AvgIpc) is 3.03. The maximum atomic E-state index is 5.09. The third-order valence-electron chi connectivity index (χ3n) is 5.30. The summed E-state index contributed by atoms with van der Waals surface area (Å²) in [5, 5.41) is 4.91. The normalized spacial score (nSPS) is 11.8. The molecular formula is C24H14N2. The number of aromatic nitrogens is 2. The number of rotatable bonds is 1. The van der Waals surface area contributed by atoms with Crippen molar-refractivity contribution < 1.29 is 0 Å². The molecule has 5 aromatic rings. The maximum absolute atomic E-state index is 5.09. The molecule has 26 heavy (non-hydrogen) atoms. The molecule has 0 N–H and O–H groups in total. The van der Waals surface area contributed by atoms with Crippen LogP contribution in [0.4, 0.5) is 0 Å². The van der Waals surface area contributed by atoms with Crippen LogP contribution < -0.4 is 0 Å². The summed E-state index contributed by atoms with van der Waals surface area (Å²) in [4.78, 5) is 9.39. The first kappa shape index (κ1) is 13.7. The maximum Gasteiger partial charge on any atom is 0.0794 e. The van der Waals surface area contributed by atoms with Gasteiger partial charge in [-0.1, -0.05) is 54.6 Å². The molecule has 0 radical (unpaired) electrons. The zero-order valence-electron chi connectivity index (χ0n) is 14.0. The van der Waals surface area contributed by atoms with E-state index in [1.54, 1.807) is 0 Å². The highest BCUT2D eigenvalue weighted by atomic mass is 14.7. The van der Waals surface area contributed by atoms with Crippen molar-refractivity contribution in [2.45, 2.75) is 0 Å². The molecule has 0 unspecified atom stereocenters. The molecular weight excluding hydrogens is 316 g/mol.